The van der Waals surface area contributed by atoms with Crippen molar-refractivity contribution in [3.63, 3.8) is 0 Å². The van der Waals surface area contributed by atoms with Gasteiger partial charge in [-0.2, -0.15) is 0 Å². The van der Waals surface area contributed by atoms with E-state index >= 15 is 0 Å². The largest absolute Gasteiger partial charge is 0.324 e. The Morgan fingerprint density at radius 2 is 2.00 bits per heavy atom. The molecule has 1 amide bonds. The molecule has 1 N–H and O–H groups in total. The third-order valence-corrected chi connectivity index (χ3v) is 5.61. The summed E-state index contributed by atoms with van der Waals surface area (Å²) >= 11 is 0. The molecule has 1 aliphatic heterocycles. The van der Waals surface area contributed by atoms with Crippen LogP contribution in [0.2, 0.25) is 0 Å². The van der Waals surface area contributed by atoms with E-state index in [9.17, 15) is 4.79 Å². The number of nitrogens with zero attached hydrogens (tertiary/aromatic N) is 2. The van der Waals surface area contributed by atoms with E-state index in [1.807, 2.05) is 0 Å². The molecule has 1 heterocycles. The lowest BCUT2D eigenvalue weighted by Gasteiger charge is -2.28. The summed E-state index contributed by atoms with van der Waals surface area (Å²) in [6.45, 7) is 7.52. The fourth-order valence-electron chi connectivity index (χ4n) is 4.25. The molecule has 1 unspecified atom stereocenters. The molecular weight excluding hydrogens is 262 g/mol. The highest BCUT2D eigenvalue weighted by molar-refractivity contribution is 5.89. The lowest BCUT2D eigenvalue weighted by molar-refractivity contribution is -0.133. The van der Waals surface area contributed by atoms with Crippen LogP contribution in [0.25, 0.3) is 0 Å². The van der Waals surface area contributed by atoms with Crippen LogP contribution in [0.1, 0.15) is 65.2 Å². The van der Waals surface area contributed by atoms with Crippen molar-refractivity contribution >= 4 is 5.91 Å². The zero-order valence-electron chi connectivity index (χ0n) is 13.7. The molecule has 3 fully saturated rings. The second-order valence-electron chi connectivity index (χ2n) is 7.10. The fraction of sp³-hybridized carbons (Fsp3) is 0.941. The minimum Gasteiger partial charge on any atom is -0.324 e. The number of rotatable bonds is 7. The monoisotopic (exact) mass is 293 g/mol. The summed E-state index contributed by atoms with van der Waals surface area (Å²) in [5, 5.41) is 3.71. The molecule has 120 valence electrons. The van der Waals surface area contributed by atoms with Gasteiger partial charge >= 0.3 is 0 Å². The van der Waals surface area contributed by atoms with Gasteiger partial charge in [-0.05, 0) is 38.6 Å². The molecule has 1 atom stereocenters. The van der Waals surface area contributed by atoms with E-state index in [2.05, 4.69) is 29.0 Å². The molecule has 1 saturated heterocycles. The van der Waals surface area contributed by atoms with Gasteiger partial charge in [0, 0.05) is 19.1 Å². The normalized spacial score (nSPS) is 28.2. The van der Waals surface area contributed by atoms with Gasteiger partial charge in [-0.15, -0.1) is 0 Å². The first kappa shape index (κ1) is 15.3. The SMILES string of the molecule is CCCC1NC2(CCCC2)C(=O)N1CCN(CC)C1CC1. The second-order valence-corrected chi connectivity index (χ2v) is 7.10. The van der Waals surface area contributed by atoms with Gasteiger partial charge in [-0.25, -0.2) is 0 Å². The molecule has 4 heteroatoms. The van der Waals surface area contributed by atoms with Crippen molar-refractivity contribution in [1.29, 1.82) is 0 Å². The fourth-order valence-corrected chi connectivity index (χ4v) is 4.25. The lowest BCUT2D eigenvalue weighted by Crippen LogP contribution is -2.45. The third kappa shape index (κ3) is 2.98. The van der Waals surface area contributed by atoms with E-state index in [0.29, 0.717) is 5.91 Å². The number of amides is 1. The molecule has 0 aromatic carbocycles. The molecular formula is C17H31N3O. The number of nitrogens with one attached hydrogen (secondary N) is 1. The summed E-state index contributed by atoms with van der Waals surface area (Å²) in [6, 6.07) is 0.797. The molecule has 0 aromatic heterocycles. The number of hydrogen-bond donors (Lipinski definition) is 1. The Morgan fingerprint density at radius 3 is 2.57 bits per heavy atom. The maximum atomic E-state index is 12.9. The Kier molecular flexibility index (Phi) is 4.55. The predicted molar refractivity (Wildman–Crippen MR) is 85.0 cm³/mol. The summed E-state index contributed by atoms with van der Waals surface area (Å²) in [5.41, 5.74) is -0.198. The van der Waals surface area contributed by atoms with E-state index in [1.54, 1.807) is 0 Å². The molecule has 0 aromatic rings. The van der Waals surface area contributed by atoms with Gasteiger partial charge in [-0.3, -0.25) is 15.0 Å². The van der Waals surface area contributed by atoms with E-state index in [0.717, 1.165) is 51.4 Å². The minimum atomic E-state index is -0.198. The average molecular weight is 293 g/mol. The van der Waals surface area contributed by atoms with Gasteiger partial charge in [-0.1, -0.05) is 33.1 Å². The van der Waals surface area contributed by atoms with Gasteiger partial charge in [0.15, 0.2) is 0 Å². The molecule has 0 radical (unpaired) electrons. The maximum absolute atomic E-state index is 12.9. The predicted octanol–water partition coefficient (Wildman–Crippen LogP) is 2.34. The quantitative estimate of drug-likeness (QED) is 0.782. The molecule has 3 aliphatic rings. The molecule has 4 nitrogen and oxygen atoms in total. The first-order valence-electron chi connectivity index (χ1n) is 9.03. The first-order valence-corrected chi connectivity index (χ1v) is 9.03. The van der Waals surface area contributed by atoms with Crippen molar-refractivity contribution in [3.05, 3.63) is 0 Å². The highest BCUT2D eigenvalue weighted by Crippen LogP contribution is 2.37. The van der Waals surface area contributed by atoms with Crippen molar-refractivity contribution in [3.8, 4) is 0 Å². The van der Waals surface area contributed by atoms with Crippen molar-refractivity contribution in [1.82, 2.24) is 15.1 Å². The second kappa shape index (κ2) is 6.25. The van der Waals surface area contributed by atoms with E-state index in [4.69, 9.17) is 0 Å². The van der Waals surface area contributed by atoms with Crippen molar-refractivity contribution in [2.75, 3.05) is 19.6 Å². The number of carbonyl (C=O) groups is 1. The maximum Gasteiger partial charge on any atom is 0.244 e. The van der Waals surface area contributed by atoms with Gasteiger partial charge in [0.2, 0.25) is 5.91 Å². The topological polar surface area (TPSA) is 35.6 Å². The third-order valence-electron chi connectivity index (χ3n) is 5.61. The Morgan fingerprint density at radius 1 is 1.29 bits per heavy atom. The van der Waals surface area contributed by atoms with Gasteiger partial charge in [0.05, 0.1) is 11.7 Å². The van der Waals surface area contributed by atoms with Crippen molar-refractivity contribution in [2.24, 2.45) is 0 Å². The molecule has 2 aliphatic carbocycles. The summed E-state index contributed by atoms with van der Waals surface area (Å²) < 4.78 is 0. The minimum absolute atomic E-state index is 0.198. The molecule has 3 rings (SSSR count). The Bertz CT molecular complexity index is 374. The molecule has 1 spiro atoms. The van der Waals surface area contributed by atoms with E-state index in [-0.39, 0.29) is 11.7 Å². The number of hydrogen-bond acceptors (Lipinski definition) is 3. The van der Waals surface area contributed by atoms with Crippen LogP contribution in [-0.4, -0.2) is 53.1 Å². The highest BCUT2D eigenvalue weighted by atomic mass is 16.2. The first-order chi connectivity index (χ1) is 10.2. The number of carbonyl (C=O) groups excluding carboxylic acids is 1. The zero-order valence-corrected chi connectivity index (χ0v) is 13.7. The Hall–Kier alpha value is -0.610. The van der Waals surface area contributed by atoms with E-state index in [1.165, 1.54) is 25.7 Å². The lowest BCUT2D eigenvalue weighted by atomic mass is 9.98. The van der Waals surface area contributed by atoms with Crippen LogP contribution in [0, 0.1) is 0 Å². The smallest absolute Gasteiger partial charge is 0.244 e. The van der Waals surface area contributed by atoms with Crippen LogP contribution in [0.5, 0.6) is 0 Å². The highest BCUT2D eigenvalue weighted by Gasteiger charge is 2.51. The van der Waals surface area contributed by atoms with Gasteiger partial charge in [0.1, 0.15) is 0 Å². The van der Waals surface area contributed by atoms with Crippen LogP contribution in [0.4, 0.5) is 0 Å². The Balaban J connectivity index is 1.64. The summed E-state index contributed by atoms with van der Waals surface area (Å²) in [6.07, 6.45) is 9.69. The standard InChI is InChI=1S/C17H31N3O/c1-3-7-15-18-17(10-5-6-11-17)16(21)20(15)13-12-19(4-2)14-8-9-14/h14-15,18H,3-13H2,1-2H3. The van der Waals surface area contributed by atoms with Crippen molar-refractivity contribution < 1.29 is 4.79 Å². The van der Waals surface area contributed by atoms with Gasteiger partial charge < -0.3 is 4.90 Å². The molecule has 2 saturated carbocycles. The van der Waals surface area contributed by atoms with Crippen LogP contribution < -0.4 is 5.32 Å². The summed E-state index contributed by atoms with van der Waals surface area (Å²) in [4.78, 5) is 17.7. The summed E-state index contributed by atoms with van der Waals surface area (Å²) in [5.74, 6) is 0.394. The molecule has 21 heavy (non-hydrogen) atoms. The average Bonchev–Trinajstić information content (AvgIpc) is 3.16. The Labute approximate surface area is 129 Å². The van der Waals surface area contributed by atoms with Crippen LogP contribution in [0.3, 0.4) is 0 Å². The van der Waals surface area contributed by atoms with Crippen LogP contribution >= 0.6 is 0 Å². The van der Waals surface area contributed by atoms with Crippen LogP contribution in [0.15, 0.2) is 0 Å². The van der Waals surface area contributed by atoms with E-state index < -0.39 is 0 Å². The van der Waals surface area contributed by atoms with Crippen molar-refractivity contribution in [2.45, 2.75) is 83.0 Å². The van der Waals surface area contributed by atoms with Crippen LogP contribution in [-0.2, 0) is 4.79 Å². The molecule has 0 bridgehead atoms. The zero-order chi connectivity index (χ0) is 14.9. The number of likely N-dealkylation sites (N-methyl/N-ethyl adjacent to an activating group) is 1. The summed E-state index contributed by atoms with van der Waals surface area (Å²) in [7, 11) is 0. The van der Waals surface area contributed by atoms with Gasteiger partial charge in [0.25, 0.3) is 0 Å².